The van der Waals surface area contributed by atoms with Crippen LogP contribution >= 0.6 is 0 Å². The summed E-state index contributed by atoms with van der Waals surface area (Å²) in [5.74, 6) is -1.77. The van der Waals surface area contributed by atoms with Crippen molar-refractivity contribution in [3.63, 3.8) is 0 Å². The highest BCUT2D eigenvalue weighted by atomic mass is 16.5. The third-order valence-electron chi connectivity index (χ3n) is 5.00. The maximum absolute atomic E-state index is 13.3. The van der Waals surface area contributed by atoms with Crippen LogP contribution in [0.5, 0.6) is 0 Å². The molecule has 1 aromatic carbocycles. The molecule has 29 heavy (non-hydrogen) atoms. The van der Waals surface area contributed by atoms with E-state index >= 15 is 0 Å². The smallest absolute Gasteiger partial charge is 0.407 e. The van der Waals surface area contributed by atoms with Gasteiger partial charge in [-0.05, 0) is 24.5 Å². The van der Waals surface area contributed by atoms with Crippen molar-refractivity contribution >= 4 is 23.7 Å². The lowest BCUT2D eigenvalue weighted by Gasteiger charge is -2.36. The van der Waals surface area contributed by atoms with Crippen LogP contribution in [0.15, 0.2) is 36.9 Å². The minimum atomic E-state index is -0.979. The van der Waals surface area contributed by atoms with E-state index in [0.29, 0.717) is 12.8 Å². The van der Waals surface area contributed by atoms with Crippen molar-refractivity contribution in [2.24, 2.45) is 5.92 Å². The van der Waals surface area contributed by atoms with E-state index in [4.69, 9.17) is 4.74 Å². The molecule has 0 aliphatic carbocycles. The van der Waals surface area contributed by atoms with Gasteiger partial charge in [-0.2, -0.15) is 0 Å². The molecular formula is C22H30N2O5. The number of carbonyl (C=O) groups excluding carboxylic acids is 2. The molecule has 0 saturated carbocycles. The molecule has 1 unspecified atom stereocenters. The van der Waals surface area contributed by atoms with Gasteiger partial charge in [0, 0.05) is 18.2 Å². The molecule has 1 aliphatic heterocycles. The fourth-order valence-electron chi connectivity index (χ4n) is 3.63. The van der Waals surface area contributed by atoms with E-state index in [1.807, 2.05) is 24.3 Å². The largest absolute Gasteiger partial charge is 0.481 e. The molecule has 2 amide bonds. The Labute approximate surface area is 171 Å². The highest BCUT2D eigenvalue weighted by Gasteiger charge is 2.33. The van der Waals surface area contributed by atoms with E-state index in [1.54, 1.807) is 4.90 Å². The number of para-hydroxylation sites is 1. The summed E-state index contributed by atoms with van der Waals surface area (Å²) < 4.78 is 4.99. The van der Waals surface area contributed by atoms with Gasteiger partial charge < -0.3 is 20.1 Å². The number of ether oxygens (including phenoxy) is 1. The minimum Gasteiger partial charge on any atom is -0.481 e. The number of carbonyl (C=O) groups is 3. The van der Waals surface area contributed by atoms with E-state index in [0.717, 1.165) is 30.5 Å². The Morgan fingerprint density at radius 3 is 2.79 bits per heavy atom. The number of carboxylic acid groups (broad SMARTS) is 1. The van der Waals surface area contributed by atoms with Crippen LogP contribution in [0, 0.1) is 5.92 Å². The van der Waals surface area contributed by atoms with E-state index < -0.39 is 18.0 Å². The average molecular weight is 402 g/mol. The lowest BCUT2D eigenvalue weighted by atomic mass is 9.92. The average Bonchev–Trinajstić information content (AvgIpc) is 2.70. The summed E-state index contributed by atoms with van der Waals surface area (Å²) in [6.45, 7) is 5.97. The fourth-order valence-corrected chi connectivity index (χ4v) is 3.63. The number of benzene rings is 1. The lowest BCUT2D eigenvalue weighted by Crippen LogP contribution is -2.51. The van der Waals surface area contributed by atoms with Crippen LogP contribution in [0.3, 0.4) is 0 Å². The molecule has 0 fully saturated rings. The Morgan fingerprint density at radius 1 is 1.34 bits per heavy atom. The summed E-state index contributed by atoms with van der Waals surface area (Å²) in [7, 11) is 0. The summed E-state index contributed by atoms with van der Waals surface area (Å²) >= 11 is 0. The summed E-state index contributed by atoms with van der Waals surface area (Å²) in [5, 5.41) is 12.1. The van der Waals surface area contributed by atoms with Crippen LogP contribution < -0.4 is 10.2 Å². The standard InChI is InChI=1S/C22H30N2O5/c1-3-5-6-10-17(14-20(25)26)21(27)24-15-18(23-22(28)29-12-4-2)13-16-9-7-8-11-19(16)24/h4,7-9,11,17-18H,2-3,5-6,10,12-15H2,1H3,(H,23,28)(H,25,26)/t17-,18?/m0/s1. The van der Waals surface area contributed by atoms with Gasteiger partial charge in [0.05, 0.1) is 12.5 Å². The number of nitrogens with one attached hydrogen (secondary N) is 1. The van der Waals surface area contributed by atoms with Gasteiger partial charge >= 0.3 is 12.1 Å². The first-order valence-electron chi connectivity index (χ1n) is 10.1. The normalized spacial score (nSPS) is 16.4. The first-order valence-corrected chi connectivity index (χ1v) is 10.1. The van der Waals surface area contributed by atoms with Gasteiger partial charge in [-0.1, -0.05) is 57.0 Å². The minimum absolute atomic E-state index is 0.107. The summed E-state index contributed by atoms with van der Waals surface area (Å²) in [4.78, 5) is 38.2. The molecule has 2 atom stereocenters. The Kier molecular flexibility index (Phi) is 8.70. The summed E-state index contributed by atoms with van der Waals surface area (Å²) in [5.41, 5.74) is 1.71. The zero-order valence-electron chi connectivity index (χ0n) is 16.9. The Hall–Kier alpha value is -2.83. The predicted molar refractivity (Wildman–Crippen MR) is 111 cm³/mol. The second-order valence-electron chi connectivity index (χ2n) is 7.30. The van der Waals surface area contributed by atoms with Crippen molar-refractivity contribution in [3.05, 3.63) is 42.5 Å². The van der Waals surface area contributed by atoms with Gasteiger partial charge in [0.2, 0.25) is 5.91 Å². The summed E-state index contributed by atoms with van der Waals surface area (Å²) in [6.07, 6.45) is 4.61. The van der Waals surface area contributed by atoms with Crippen molar-refractivity contribution in [2.45, 2.75) is 51.5 Å². The molecule has 7 heteroatoms. The van der Waals surface area contributed by atoms with E-state index in [-0.39, 0.29) is 31.5 Å². The number of carboxylic acids is 1. The highest BCUT2D eigenvalue weighted by molar-refractivity contribution is 5.98. The molecule has 1 aliphatic rings. The third kappa shape index (κ3) is 6.62. The van der Waals surface area contributed by atoms with Gasteiger partial charge in [0.1, 0.15) is 6.61 Å². The number of aliphatic carboxylic acids is 1. The van der Waals surface area contributed by atoms with Gasteiger partial charge in [0.25, 0.3) is 0 Å². The number of anilines is 1. The van der Waals surface area contributed by atoms with Crippen molar-refractivity contribution in [1.29, 1.82) is 0 Å². The number of hydrogen-bond donors (Lipinski definition) is 2. The van der Waals surface area contributed by atoms with Crippen LogP contribution in [-0.2, 0) is 20.7 Å². The van der Waals surface area contributed by atoms with Crippen LogP contribution in [0.2, 0.25) is 0 Å². The SMILES string of the molecule is C=CCOC(=O)NC1Cc2ccccc2N(C(=O)[C@@H](CCCCC)CC(=O)O)C1. The zero-order valence-corrected chi connectivity index (χ0v) is 16.9. The molecule has 2 rings (SSSR count). The van der Waals surface area contributed by atoms with Crippen molar-refractivity contribution < 1.29 is 24.2 Å². The van der Waals surface area contributed by atoms with Gasteiger partial charge in [0.15, 0.2) is 0 Å². The maximum atomic E-state index is 13.3. The lowest BCUT2D eigenvalue weighted by molar-refractivity contribution is -0.140. The number of nitrogens with zero attached hydrogens (tertiary/aromatic N) is 1. The van der Waals surface area contributed by atoms with Crippen molar-refractivity contribution in [1.82, 2.24) is 5.32 Å². The predicted octanol–water partition coefficient (Wildman–Crippen LogP) is 3.53. The quantitative estimate of drug-likeness (QED) is 0.461. The number of rotatable bonds is 10. The number of unbranched alkanes of at least 4 members (excludes halogenated alkanes) is 2. The third-order valence-corrected chi connectivity index (χ3v) is 5.00. The molecule has 0 bridgehead atoms. The molecule has 1 aromatic rings. The number of fused-ring (bicyclic) bond motifs is 1. The van der Waals surface area contributed by atoms with Crippen molar-refractivity contribution in [2.75, 3.05) is 18.1 Å². The molecule has 0 radical (unpaired) electrons. The van der Waals surface area contributed by atoms with E-state index in [2.05, 4.69) is 18.8 Å². The zero-order chi connectivity index (χ0) is 21.2. The van der Waals surface area contributed by atoms with E-state index in [1.165, 1.54) is 6.08 Å². The first kappa shape index (κ1) is 22.5. The van der Waals surface area contributed by atoms with Crippen LogP contribution in [0.1, 0.15) is 44.6 Å². The maximum Gasteiger partial charge on any atom is 0.407 e. The topological polar surface area (TPSA) is 95.9 Å². The Morgan fingerprint density at radius 2 is 2.10 bits per heavy atom. The van der Waals surface area contributed by atoms with Gasteiger partial charge in [-0.3, -0.25) is 9.59 Å². The van der Waals surface area contributed by atoms with Gasteiger partial charge in [-0.15, -0.1) is 0 Å². The molecule has 0 aromatic heterocycles. The number of amides is 2. The summed E-state index contributed by atoms with van der Waals surface area (Å²) in [6, 6.07) is 7.21. The second kappa shape index (κ2) is 11.2. The highest BCUT2D eigenvalue weighted by Crippen LogP contribution is 2.30. The molecule has 158 valence electrons. The van der Waals surface area contributed by atoms with E-state index in [9.17, 15) is 19.5 Å². The Bertz CT molecular complexity index is 734. The van der Waals surface area contributed by atoms with Crippen LogP contribution in [0.4, 0.5) is 10.5 Å². The monoisotopic (exact) mass is 402 g/mol. The van der Waals surface area contributed by atoms with Crippen molar-refractivity contribution in [3.8, 4) is 0 Å². The van der Waals surface area contributed by atoms with Gasteiger partial charge in [-0.25, -0.2) is 4.79 Å². The second-order valence-corrected chi connectivity index (χ2v) is 7.30. The first-order chi connectivity index (χ1) is 14.0. The van der Waals surface area contributed by atoms with Crippen LogP contribution in [-0.4, -0.2) is 42.3 Å². The fraction of sp³-hybridized carbons (Fsp3) is 0.500. The molecule has 7 nitrogen and oxygen atoms in total. The number of alkyl carbamates (subject to hydrolysis) is 1. The number of hydrogen-bond acceptors (Lipinski definition) is 4. The molecule has 2 N–H and O–H groups in total. The molecular weight excluding hydrogens is 372 g/mol. The molecule has 0 saturated heterocycles. The van der Waals surface area contributed by atoms with Crippen LogP contribution in [0.25, 0.3) is 0 Å². The molecule has 1 heterocycles. The molecule has 0 spiro atoms. The Balaban J connectivity index is 2.20.